The summed E-state index contributed by atoms with van der Waals surface area (Å²) in [6.07, 6.45) is -0.177. The first kappa shape index (κ1) is 17.2. The minimum atomic E-state index is -0.586. The number of Topliss-reactive ketones (excluding diaryl/α,β-unsaturated/α-hetero) is 1. The molecule has 3 nitrogen and oxygen atoms in total. The van der Waals surface area contributed by atoms with Crippen molar-refractivity contribution in [1.29, 1.82) is 0 Å². The van der Waals surface area contributed by atoms with Crippen molar-refractivity contribution in [1.82, 2.24) is 0 Å². The second-order valence-electron chi connectivity index (χ2n) is 1.40. The van der Waals surface area contributed by atoms with Gasteiger partial charge in [0.15, 0.2) is 0 Å². The van der Waals surface area contributed by atoms with Gasteiger partial charge in [0.2, 0.25) is 0 Å². The number of rotatable bonds is 2. The van der Waals surface area contributed by atoms with Gasteiger partial charge in [0.25, 0.3) is 5.97 Å². The molecule has 0 aliphatic heterocycles. The SMILES string of the molecule is [CH-]=C.[CH2-]OC(=O)CC(C)=O.[Y]. The van der Waals surface area contributed by atoms with Crippen molar-refractivity contribution >= 4 is 11.8 Å². The zero-order valence-electron chi connectivity index (χ0n) is 6.50. The minimum Gasteiger partial charge on any atom is -0.640 e. The molecule has 0 aromatic rings. The minimum absolute atomic E-state index is 0. The number of esters is 1. The molecule has 11 heavy (non-hydrogen) atoms. The van der Waals surface area contributed by atoms with Crippen LogP contribution in [0, 0.1) is 13.7 Å². The molecule has 61 valence electrons. The molecule has 0 fully saturated rings. The molecule has 0 heterocycles. The first-order chi connectivity index (χ1) is 4.66. The van der Waals surface area contributed by atoms with Gasteiger partial charge in [0.1, 0.15) is 12.2 Å². The normalized spacial score (nSPS) is 6.36. The topological polar surface area (TPSA) is 43.4 Å². The predicted molar refractivity (Wildman–Crippen MR) is 36.7 cm³/mol. The predicted octanol–water partition coefficient (Wildman–Crippen LogP) is 0.903. The van der Waals surface area contributed by atoms with E-state index in [1.807, 2.05) is 0 Å². The number of hydrogen-bond acceptors (Lipinski definition) is 3. The monoisotopic (exact) mass is 231 g/mol. The van der Waals surface area contributed by atoms with Crippen LogP contribution in [0.2, 0.25) is 0 Å². The van der Waals surface area contributed by atoms with E-state index in [4.69, 9.17) is 0 Å². The van der Waals surface area contributed by atoms with E-state index in [0.717, 1.165) is 0 Å². The molecule has 0 aliphatic carbocycles. The summed E-state index contributed by atoms with van der Waals surface area (Å²) in [6.45, 7) is 8.32. The summed E-state index contributed by atoms with van der Waals surface area (Å²) < 4.78 is 3.95. The molecule has 0 unspecified atom stereocenters. The first-order valence-corrected chi connectivity index (χ1v) is 2.52. The Kier molecular flexibility index (Phi) is 19.7. The Morgan fingerprint density at radius 3 is 2.00 bits per heavy atom. The maximum absolute atomic E-state index is 10.1. The van der Waals surface area contributed by atoms with E-state index >= 15 is 0 Å². The summed E-state index contributed by atoms with van der Waals surface area (Å²) >= 11 is 0. The van der Waals surface area contributed by atoms with Crippen molar-refractivity contribution in [2.24, 2.45) is 0 Å². The average Bonchev–Trinajstić information content (AvgIpc) is 1.91. The van der Waals surface area contributed by atoms with Crippen molar-refractivity contribution in [2.45, 2.75) is 13.3 Å². The molecule has 4 heteroatoms. The Balaban J connectivity index is -0.000000196. The Morgan fingerprint density at radius 1 is 1.55 bits per heavy atom. The van der Waals surface area contributed by atoms with Gasteiger partial charge in [-0.15, -0.1) is 0 Å². The van der Waals surface area contributed by atoms with E-state index in [0.29, 0.717) is 0 Å². The molecular weight excluding hydrogens is 221 g/mol. The van der Waals surface area contributed by atoms with Gasteiger partial charge >= 0.3 is 0 Å². The Hall–Kier alpha value is -0.0161. The molecule has 0 aromatic heterocycles. The largest absolute Gasteiger partial charge is 0.640 e. The van der Waals surface area contributed by atoms with Crippen LogP contribution in [0.3, 0.4) is 0 Å². The van der Waals surface area contributed by atoms with E-state index in [9.17, 15) is 9.59 Å². The zero-order chi connectivity index (χ0) is 8.57. The van der Waals surface area contributed by atoms with E-state index in [1.165, 1.54) is 6.92 Å². The van der Waals surface area contributed by atoms with Crippen LogP contribution < -0.4 is 0 Å². The molecule has 0 N–H and O–H groups in total. The number of ether oxygens (including phenoxy) is 1. The summed E-state index contributed by atoms with van der Waals surface area (Å²) in [5.74, 6) is -0.795. The van der Waals surface area contributed by atoms with Crippen molar-refractivity contribution in [3.8, 4) is 0 Å². The van der Waals surface area contributed by atoms with Gasteiger partial charge in [-0.1, -0.05) is 0 Å². The van der Waals surface area contributed by atoms with Gasteiger partial charge in [0.05, 0.1) is 0 Å². The van der Waals surface area contributed by atoms with Crippen LogP contribution in [0.1, 0.15) is 13.3 Å². The van der Waals surface area contributed by atoms with Crippen LogP contribution in [0.15, 0.2) is 6.58 Å². The van der Waals surface area contributed by atoms with Gasteiger partial charge in [-0.2, -0.15) is 7.11 Å². The molecule has 0 bridgehead atoms. The quantitative estimate of drug-likeness (QED) is 0.403. The summed E-state index contributed by atoms with van der Waals surface area (Å²) in [7, 11) is 2.84. The van der Waals surface area contributed by atoms with Crippen LogP contribution >= 0.6 is 0 Å². The van der Waals surface area contributed by atoms with Gasteiger partial charge in [-0.25, -0.2) is 0 Å². The van der Waals surface area contributed by atoms with Crippen LogP contribution in [-0.4, -0.2) is 11.8 Å². The molecule has 0 rings (SSSR count). The third kappa shape index (κ3) is 17.8. The van der Waals surface area contributed by atoms with E-state index in [2.05, 4.69) is 25.0 Å². The Morgan fingerprint density at radius 2 is 1.91 bits per heavy atom. The second kappa shape index (κ2) is 12.6. The third-order valence-corrected chi connectivity index (χ3v) is 0.554. The number of hydrogen-bond donors (Lipinski definition) is 0. The molecule has 1 radical (unpaired) electrons. The molecule has 0 saturated heterocycles. The standard InChI is InChI=1S/C5H7O3.C2H3.Y/c1-4(6)3-5(7)8-2;1-2;/h2-3H2,1H3;1H,2H2;/q2*-1;. The summed E-state index contributed by atoms with van der Waals surface area (Å²) in [6, 6.07) is 0. The number of ketones is 1. The molecular formula is C7H10O3Y-2. The smallest absolute Gasteiger partial charge is 0.281 e. The van der Waals surface area contributed by atoms with Crippen molar-refractivity contribution in [3.05, 3.63) is 20.3 Å². The molecule has 0 saturated carbocycles. The molecule has 0 spiro atoms. The summed E-state index contributed by atoms with van der Waals surface area (Å²) in [5, 5.41) is 0. The van der Waals surface area contributed by atoms with E-state index in [1.54, 1.807) is 0 Å². The first-order valence-electron chi connectivity index (χ1n) is 2.52. The fourth-order valence-corrected chi connectivity index (χ4v) is 0.254. The zero-order valence-corrected chi connectivity index (χ0v) is 9.34. The van der Waals surface area contributed by atoms with Gasteiger partial charge in [0, 0.05) is 32.7 Å². The molecule has 0 aliphatic rings. The second-order valence-corrected chi connectivity index (χ2v) is 1.40. The van der Waals surface area contributed by atoms with Gasteiger partial charge < -0.3 is 11.3 Å². The summed E-state index contributed by atoms with van der Waals surface area (Å²) in [4.78, 5) is 20.2. The molecule has 0 atom stereocenters. The fraction of sp³-hybridized carbons (Fsp3) is 0.286. The van der Waals surface area contributed by atoms with E-state index < -0.39 is 5.97 Å². The Labute approximate surface area is 92.1 Å². The maximum Gasteiger partial charge on any atom is 0.281 e. The van der Waals surface area contributed by atoms with Gasteiger partial charge in [-0.05, 0) is 6.92 Å². The maximum atomic E-state index is 10.1. The van der Waals surface area contributed by atoms with E-state index in [-0.39, 0.29) is 44.9 Å². The third-order valence-electron chi connectivity index (χ3n) is 0.554. The summed E-state index contributed by atoms with van der Waals surface area (Å²) in [5.41, 5.74) is 0. The van der Waals surface area contributed by atoms with Crippen LogP contribution in [-0.2, 0) is 47.0 Å². The van der Waals surface area contributed by atoms with Crippen LogP contribution in [0.5, 0.6) is 0 Å². The molecule has 0 aromatic carbocycles. The molecule has 0 amide bonds. The van der Waals surface area contributed by atoms with Crippen molar-refractivity contribution in [3.63, 3.8) is 0 Å². The average molecular weight is 231 g/mol. The van der Waals surface area contributed by atoms with Crippen molar-refractivity contribution in [2.75, 3.05) is 0 Å². The fourth-order valence-electron chi connectivity index (χ4n) is 0.254. The van der Waals surface area contributed by atoms with Crippen LogP contribution in [0.25, 0.3) is 0 Å². The van der Waals surface area contributed by atoms with Gasteiger partial charge in [-0.3, -0.25) is 16.2 Å². The number of carbonyl (C=O) groups is 2. The Bertz CT molecular complexity index is 123. The van der Waals surface area contributed by atoms with Crippen molar-refractivity contribution < 1.29 is 47.0 Å². The number of carbonyl (C=O) groups excluding carboxylic acids is 2. The van der Waals surface area contributed by atoms with Crippen LogP contribution in [0.4, 0.5) is 0 Å².